The van der Waals surface area contributed by atoms with Crippen LogP contribution in [-0.2, 0) is 11.8 Å². The number of nitrogens with two attached hydrogens (primary N) is 1. The molecule has 0 saturated carbocycles. The molecule has 1 unspecified atom stereocenters. The Hall–Kier alpha value is -1.16. The Morgan fingerprint density at radius 2 is 2.25 bits per heavy atom. The zero-order valence-corrected chi connectivity index (χ0v) is 10.3. The molecule has 0 aliphatic rings. The van der Waals surface area contributed by atoms with Crippen LogP contribution >= 0.6 is 0 Å². The molecule has 0 aliphatic carbocycles. The minimum Gasteiger partial charge on any atom is -0.318 e. The average molecular weight is 223 g/mol. The second-order valence-corrected chi connectivity index (χ2v) is 4.68. The van der Waals surface area contributed by atoms with Crippen molar-refractivity contribution in [2.45, 2.75) is 39.2 Å². The van der Waals surface area contributed by atoms with Gasteiger partial charge in [0.2, 0.25) is 0 Å². The van der Waals surface area contributed by atoms with Crippen molar-refractivity contribution in [3.8, 4) is 0 Å². The van der Waals surface area contributed by atoms with Gasteiger partial charge in [-0.2, -0.15) is 5.10 Å². The molecule has 90 valence electrons. The summed E-state index contributed by atoms with van der Waals surface area (Å²) in [4.78, 5) is 11.8. The number of aryl methyl sites for hydroxylation is 1. The summed E-state index contributed by atoms with van der Waals surface area (Å²) in [6.45, 7) is 4.32. The molecule has 1 aromatic rings. The standard InChI is InChI=1S/C12H21N3O/c1-9(2)5-4-6-11(16)12(13)10-7-14-15(3)8-10/h7-9,12H,4-6,13H2,1-3H3. The number of ketones is 1. The zero-order valence-electron chi connectivity index (χ0n) is 10.3. The maximum Gasteiger partial charge on any atom is 0.154 e. The van der Waals surface area contributed by atoms with Crippen molar-refractivity contribution < 1.29 is 4.79 Å². The maximum atomic E-state index is 11.8. The summed E-state index contributed by atoms with van der Waals surface area (Å²) in [5.41, 5.74) is 6.67. The maximum absolute atomic E-state index is 11.8. The highest BCUT2D eigenvalue weighted by molar-refractivity contribution is 5.84. The second kappa shape index (κ2) is 5.80. The van der Waals surface area contributed by atoms with Crippen LogP contribution in [0.2, 0.25) is 0 Å². The Morgan fingerprint density at radius 3 is 2.75 bits per heavy atom. The summed E-state index contributed by atoms with van der Waals surface area (Å²) in [5, 5.41) is 4.01. The highest BCUT2D eigenvalue weighted by Crippen LogP contribution is 2.14. The van der Waals surface area contributed by atoms with Gasteiger partial charge in [0.05, 0.1) is 12.2 Å². The molecule has 1 aromatic heterocycles. The number of rotatable bonds is 6. The van der Waals surface area contributed by atoms with E-state index in [4.69, 9.17) is 5.73 Å². The molecule has 0 aliphatic heterocycles. The third-order valence-electron chi connectivity index (χ3n) is 2.64. The van der Waals surface area contributed by atoms with Crippen molar-refractivity contribution in [1.29, 1.82) is 0 Å². The van der Waals surface area contributed by atoms with Crippen molar-refractivity contribution in [3.63, 3.8) is 0 Å². The topological polar surface area (TPSA) is 60.9 Å². The number of hydrogen-bond acceptors (Lipinski definition) is 3. The fourth-order valence-corrected chi connectivity index (χ4v) is 1.63. The smallest absolute Gasteiger partial charge is 0.154 e. The highest BCUT2D eigenvalue weighted by Gasteiger charge is 2.16. The molecule has 16 heavy (non-hydrogen) atoms. The van der Waals surface area contributed by atoms with Gasteiger partial charge < -0.3 is 5.73 Å². The number of carbonyl (C=O) groups is 1. The lowest BCUT2D eigenvalue weighted by Crippen LogP contribution is -2.20. The second-order valence-electron chi connectivity index (χ2n) is 4.68. The van der Waals surface area contributed by atoms with Gasteiger partial charge in [0.25, 0.3) is 0 Å². The Kier molecular flexibility index (Phi) is 4.68. The monoisotopic (exact) mass is 223 g/mol. The van der Waals surface area contributed by atoms with Crippen molar-refractivity contribution >= 4 is 5.78 Å². The van der Waals surface area contributed by atoms with Crippen LogP contribution in [0.4, 0.5) is 0 Å². The quantitative estimate of drug-likeness (QED) is 0.800. The number of nitrogens with zero attached hydrogens (tertiary/aromatic N) is 2. The van der Waals surface area contributed by atoms with E-state index in [0.29, 0.717) is 12.3 Å². The van der Waals surface area contributed by atoms with Crippen LogP contribution < -0.4 is 5.73 Å². The summed E-state index contributed by atoms with van der Waals surface area (Å²) in [6.07, 6.45) is 6.01. The molecule has 2 N–H and O–H groups in total. The molecule has 4 heteroatoms. The highest BCUT2D eigenvalue weighted by atomic mass is 16.1. The van der Waals surface area contributed by atoms with Crippen LogP contribution in [0.3, 0.4) is 0 Å². The van der Waals surface area contributed by atoms with E-state index < -0.39 is 6.04 Å². The molecular formula is C12H21N3O. The first-order valence-electron chi connectivity index (χ1n) is 5.77. The first-order chi connectivity index (χ1) is 7.50. The molecule has 1 atom stereocenters. The molecular weight excluding hydrogens is 202 g/mol. The van der Waals surface area contributed by atoms with E-state index in [1.165, 1.54) is 0 Å². The predicted molar refractivity (Wildman–Crippen MR) is 63.8 cm³/mol. The third-order valence-corrected chi connectivity index (χ3v) is 2.64. The van der Waals surface area contributed by atoms with Crippen LogP contribution in [-0.4, -0.2) is 15.6 Å². The lowest BCUT2D eigenvalue weighted by Gasteiger charge is -2.09. The van der Waals surface area contributed by atoms with Gasteiger partial charge in [-0.3, -0.25) is 9.48 Å². The van der Waals surface area contributed by atoms with Crippen molar-refractivity contribution in [2.75, 3.05) is 0 Å². The van der Waals surface area contributed by atoms with E-state index >= 15 is 0 Å². The summed E-state index contributed by atoms with van der Waals surface area (Å²) >= 11 is 0. The molecule has 1 heterocycles. The number of hydrogen-bond donors (Lipinski definition) is 1. The molecule has 0 saturated heterocycles. The predicted octanol–water partition coefficient (Wildman–Crippen LogP) is 1.82. The van der Waals surface area contributed by atoms with Gasteiger partial charge >= 0.3 is 0 Å². The fourth-order valence-electron chi connectivity index (χ4n) is 1.63. The van der Waals surface area contributed by atoms with Crippen LogP contribution in [0.25, 0.3) is 0 Å². The molecule has 0 bridgehead atoms. The zero-order chi connectivity index (χ0) is 12.1. The van der Waals surface area contributed by atoms with Crippen LogP contribution in [0.15, 0.2) is 12.4 Å². The molecule has 4 nitrogen and oxygen atoms in total. The average Bonchev–Trinajstić information content (AvgIpc) is 2.63. The first-order valence-corrected chi connectivity index (χ1v) is 5.77. The Bertz CT molecular complexity index is 344. The van der Waals surface area contributed by atoms with Crippen molar-refractivity contribution in [2.24, 2.45) is 18.7 Å². The lowest BCUT2D eigenvalue weighted by molar-refractivity contribution is -0.120. The molecule has 0 radical (unpaired) electrons. The van der Waals surface area contributed by atoms with Gasteiger partial charge in [0.1, 0.15) is 0 Å². The van der Waals surface area contributed by atoms with E-state index in [1.54, 1.807) is 17.1 Å². The van der Waals surface area contributed by atoms with Gasteiger partial charge in [-0.25, -0.2) is 0 Å². The summed E-state index contributed by atoms with van der Waals surface area (Å²) < 4.78 is 1.66. The molecule has 0 amide bonds. The number of Topliss-reactive ketones (excluding diaryl/α,β-unsaturated/α-hetero) is 1. The molecule has 0 spiro atoms. The largest absolute Gasteiger partial charge is 0.318 e. The van der Waals surface area contributed by atoms with Gasteiger partial charge in [-0.15, -0.1) is 0 Å². The fraction of sp³-hybridized carbons (Fsp3) is 0.667. The van der Waals surface area contributed by atoms with Crippen molar-refractivity contribution in [3.05, 3.63) is 18.0 Å². The summed E-state index contributed by atoms with van der Waals surface area (Å²) in [6, 6.07) is -0.513. The van der Waals surface area contributed by atoms with Crippen LogP contribution in [0, 0.1) is 5.92 Å². The van der Waals surface area contributed by atoms with E-state index in [2.05, 4.69) is 18.9 Å². The number of aromatic nitrogens is 2. The van der Waals surface area contributed by atoms with E-state index in [-0.39, 0.29) is 5.78 Å². The molecule has 0 aromatic carbocycles. The van der Waals surface area contributed by atoms with E-state index in [1.807, 2.05) is 7.05 Å². The van der Waals surface area contributed by atoms with Gasteiger partial charge in [-0.1, -0.05) is 20.3 Å². The van der Waals surface area contributed by atoms with E-state index in [0.717, 1.165) is 18.4 Å². The SMILES string of the molecule is CC(C)CCCC(=O)C(N)c1cnn(C)c1. The molecule has 1 rings (SSSR count). The van der Waals surface area contributed by atoms with Crippen LogP contribution in [0.1, 0.15) is 44.7 Å². The Labute approximate surface area is 96.8 Å². The van der Waals surface area contributed by atoms with Gasteiger partial charge in [-0.05, 0) is 12.3 Å². The van der Waals surface area contributed by atoms with Crippen molar-refractivity contribution in [1.82, 2.24) is 9.78 Å². The van der Waals surface area contributed by atoms with Crippen LogP contribution in [0.5, 0.6) is 0 Å². The lowest BCUT2D eigenvalue weighted by atomic mass is 10.00. The normalized spacial score (nSPS) is 13.1. The Morgan fingerprint density at radius 1 is 1.56 bits per heavy atom. The summed E-state index contributed by atoms with van der Waals surface area (Å²) in [5.74, 6) is 0.746. The van der Waals surface area contributed by atoms with Gasteiger partial charge in [0.15, 0.2) is 5.78 Å². The summed E-state index contributed by atoms with van der Waals surface area (Å²) in [7, 11) is 1.82. The minimum absolute atomic E-state index is 0.105. The minimum atomic E-state index is -0.513. The third kappa shape index (κ3) is 3.77. The van der Waals surface area contributed by atoms with Gasteiger partial charge in [0, 0.05) is 25.2 Å². The first kappa shape index (κ1) is 12.9. The van der Waals surface area contributed by atoms with E-state index in [9.17, 15) is 4.79 Å². The Balaban J connectivity index is 2.42. The molecule has 0 fully saturated rings. The number of carbonyl (C=O) groups excluding carboxylic acids is 1.